The number of ether oxygens (including phenoxy) is 1. The van der Waals surface area contributed by atoms with Gasteiger partial charge in [0, 0.05) is 18.5 Å². The van der Waals surface area contributed by atoms with E-state index in [1.165, 1.54) is 4.31 Å². The summed E-state index contributed by atoms with van der Waals surface area (Å²) in [5, 5.41) is 3.03. The number of fused-ring (bicyclic) bond motifs is 1. The van der Waals surface area contributed by atoms with Gasteiger partial charge < -0.3 is 10.1 Å². The molecular formula is C23H30N2O4S. The molecule has 2 aromatic rings. The van der Waals surface area contributed by atoms with E-state index in [4.69, 9.17) is 4.74 Å². The average Bonchev–Trinajstić information content (AvgIpc) is 2.62. The number of amides is 1. The lowest BCUT2D eigenvalue weighted by atomic mass is 9.89. The molecule has 0 aliphatic carbocycles. The van der Waals surface area contributed by atoms with Gasteiger partial charge in [-0.05, 0) is 39.3 Å². The van der Waals surface area contributed by atoms with Crippen molar-refractivity contribution in [2.24, 2.45) is 0 Å². The van der Waals surface area contributed by atoms with E-state index in [9.17, 15) is 13.2 Å². The normalized spacial score (nSPS) is 17.9. The van der Waals surface area contributed by atoms with E-state index < -0.39 is 15.6 Å². The highest BCUT2D eigenvalue weighted by atomic mass is 32.2. The molecule has 0 saturated carbocycles. The summed E-state index contributed by atoms with van der Waals surface area (Å²) in [5.41, 5.74) is 3.50. The van der Waals surface area contributed by atoms with Crippen LogP contribution in [0.5, 0.6) is 5.75 Å². The summed E-state index contributed by atoms with van der Waals surface area (Å²) >= 11 is 0. The summed E-state index contributed by atoms with van der Waals surface area (Å²) in [6.45, 7) is 7.85. The second-order valence-corrected chi connectivity index (χ2v) is 10.7. The van der Waals surface area contributed by atoms with E-state index in [0.29, 0.717) is 6.42 Å². The lowest BCUT2D eigenvalue weighted by Crippen LogP contribution is -2.45. The summed E-state index contributed by atoms with van der Waals surface area (Å²) in [7, 11) is -3.55. The summed E-state index contributed by atoms with van der Waals surface area (Å²) in [6, 6.07) is 13.3. The van der Waals surface area contributed by atoms with Gasteiger partial charge in [0.15, 0.2) is 0 Å². The molecule has 0 bridgehead atoms. The van der Waals surface area contributed by atoms with Gasteiger partial charge in [-0.1, -0.05) is 47.5 Å². The molecule has 0 radical (unpaired) electrons. The van der Waals surface area contributed by atoms with Gasteiger partial charge in [-0.2, -0.15) is 4.31 Å². The minimum Gasteiger partial charge on any atom is -0.487 e. The number of sulfonamides is 1. The van der Waals surface area contributed by atoms with Gasteiger partial charge in [0.1, 0.15) is 11.4 Å². The Morgan fingerprint density at radius 2 is 1.77 bits per heavy atom. The Morgan fingerprint density at radius 1 is 1.13 bits per heavy atom. The maximum absolute atomic E-state index is 12.9. The van der Waals surface area contributed by atoms with Crippen molar-refractivity contribution in [1.29, 1.82) is 0 Å². The molecule has 1 atom stereocenters. The Bertz CT molecular complexity index is 1030. The molecule has 3 rings (SSSR count). The maximum atomic E-state index is 12.9. The van der Waals surface area contributed by atoms with Crippen molar-refractivity contribution in [3.63, 3.8) is 0 Å². The van der Waals surface area contributed by atoms with Gasteiger partial charge in [-0.3, -0.25) is 4.79 Å². The molecule has 1 N–H and O–H groups in total. The highest BCUT2D eigenvalue weighted by Gasteiger charge is 2.35. The van der Waals surface area contributed by atoms with Crippen LogP contribution in [-0.4, -0.2) is 37.0 Å². The molecular weight excluding hydrogens is 400 g/mol. The molecule has 2 aromatic carbocycles. The van der Waals surface area contributed by atoms with Crippen LogP contribution >= 0.6 is 0 Å². The number of aryl methyl sites for hydroxylation is 2. The van der Waals surface area contributed by atoms with E-state index in [1.54, 1.807) is 0 Å². The zero-order valence-electron chi connectivity index (χ0n) is 18.2. The molecule has 162 valence electrons. The second-order valence-electron chi connectivity index (χ2n) is 8.74. The number of nitrogens with one attached hydrogen (secondary N) is 1. The van der Waals surface area contributed by atoms with Crippen LogP contribution in [0.4, 0.5) is 0 Å². The molecule has 1 unspecified atom stereocenters. The Hall–Kier alpha value is -2.38. The topological polar surface area (TPSA) is 75.7 Å². The maximum Gasteiger partial charge on any atom is 0.235 e. The van der Waals surface area contributed by atoms with Crippen LogP contribution < -0.4 is 10.1 Å². The van der Waals surface area contributed by atoms with E-state index in [1.807, 2.05) is 70.2 Å². The van der Waals surface area contributed by atoms with Gasteiger partial charge >= 0.3 is 0 Å². The molecule has 6 nitrogen and oxygen atoms in total. The summed E-state index contributed by atoms with van der Waals surface area (Å²) < 4.78 is 31.9. The van der Waals surface area contributed by atoms with Crippen LogP contribution in [0.1, 0.15) is 48.6 Å². The van der Waals surface area contributed by atoms with Gasteiger partial charge in [0.2, 0.25) is 15.9 Å². The molecule has 30 heavy (non-hydrogen) atoms. The number of hydrogen-bond acceptors (Lipinski definition) is 4. The second kappa shape index (κ2) is 8.40. The fraction of sp³-hybridized carbons (Fsp3) is 0.435. The molecule has 1 aliphatic heterocycles. The Labute approximate surface area is 179 Å². The van der Waals surface area contributed by atoms with Crippen molar-refractivity contribution in [2.75, 3.05) is 12.8 Å². The van der Waals surface area contributed by atoms with Crippen molar-refractivity contribution in [2.45, 2.75) is 52.3 Å². The van der Waals surface area contributed by atoms with Crippen molar-refractivity contribution >= 4 is 15.9 Å². The summed E-state index contributed by atoms with van der Waals surface area (Å²) in [4.78, 5) is 12.9. The van der Waals surface area contributed by atoms with Crippen LogP contribution in [0, 0.1) is 13.8 Å². The van der Waals surface area contributed by atoms with Crippen molar-refractivity contribution in [3.8, 4) is 5.75 Å². The number of carbonyl (C=O) groups excluding carboxylic acids is 1. The molecule has 1 amide bonds. The number of hydrogen-bond donors (Lipinski definition) is 1. The number of carbonyl (C=O) groups is 1. The molecule has 1 aliphatic rings. The Morgan fingerprint density at radius 3 is 2.40 bits per heavy atom. The number of nitrogens with zero attached hydrogens (tertiary/aromatic N) is 1. The first-order valence-corrected chi connectivity index (χ1v) is 11.9. The zero-order chi connectivity index (χ0) is 22.1. The van der Waals surface area contributed by atoms with E-state index in [-0.39, 0.29) is 25.0 Å². The van der Waals surface area contributed by atoms with Crippen LogP contribution in [0.15, 0.2) is 42.5 Å². The average molecular weight is 431 g/mol. The zero-order valence-corrected chi connectivity index (χ0v) is 19.0. The third-order valence-electron chi connectivity index (χ3n) is 5.23. The third kappa shape index (κ3) is 5.61. The first-order valence-electron chi connectivity index (χ1n) is 10.0. The highest BCUT2D eigenvalue weighted by molar-refractivity contribution is 7.88. The lowest BCUT2D eigenvalue weighted by molar-refractivity contribution is -0.122. The molecule has 0 fully saturated rings. The predicted octanol–water partition coefficient (Wildman–Crippen LogP) is 3.48. The largest absolute Gasteiger partial charge is 0.487 e. The SMILES string of the molecule is Cc1ccc(CN(CC(=O)NC2CC(C)(C)Oc3ccc(C)cc32)S(C)(=O)=O)cc1. The summed E-state index contributed by atoms with van der Waals surface area (Å²) in [5.74, 6) is 0.421. The molecule has 0 aromatic heterocycles. The van der Waals surface area contributed by atoms with Crippen LogP contribution in [0.3, 0.4) is 0 Å². The highest BCUT2D eigenvalue weighted by Crippen LogP contribution is 2.39. The fourth-order valence-corrected chi connectivity index (χ4v) is 4.43. The smallest absolute Gasteiger partial charge is 0.235 e. The van der Waals surface area contributed by atoms with Crippen LogP contribution in [0.2, 0.25) is 0 Å². The Balaban J connectivity index is 1.77. The molecule has 0 spiro atoms. The number of rotatable bonds is 6. The van der Waals surface area contributed by atoms with Gasteiger partial charge in [-0.15, -0.1) is 0 Å². The monoisotopic (exact) mass is 430 g/mol. The summed E-state index contributed by atoms with van der Waals surface area (Å²) in [6.07, 6.45) is 1.73. The standard InChI is InChI=1S/C23H30N2O4S/c1-16-6-9-18(10-7-16)14-25(30(5,27)28)15-22(26)24-20-13-23(3,4)29-21-11-8-17(2)12-19(20)21/h6-12,20H,13-15H2,1-5H3,(H,24,26). The van der Waals surface area contributed by atoms with Gasteiger partial charge in [0.25, 0.3) is 0 Å². The Kier molecular flexibility index (Phi) is 6.24. The van der Waals surface area contributed by atoms with Crippen LogP contribution in [-0.2, 0) is 21.4 Å². The van der Waals surface area contributed by atoms with E-state index in [2.05, 4.69) is 5.32 Å². The molecule has 7 heteroatoms. The van der Waals surface area contributed by atoms with E-state index >= 15 is 0 Å². The van der Waals surface area contributed by atoms with E-state index in [0.717, 1.165) is 34.3 Å². The number of benzene rings is 2. The fourth-order valence-electron chi connectivity index (χ4n) is 3.69. The van der Waals surface area contributed by atoms with Gasteiger partial charge in [-0.25, -0.2) is 8.42 Å². The third-order valence-corrected chi connectivity index (χ3v) is 6.42. The van der Waals surface area contributed by atoms with Crippen LogP contribution in [0.25, 0.3) is 0 Å². The first-order chi connectivity index (χ1) is 13.9. The minimum absolute atomic E-state index is 0.154. The molecule has 0 saturated heterocycles. The quantitative estimate of drug-likeness (QED) is 0.761. The lowest BCUT2D eigenvalue weighted by Gasteiger charge is -2.38. The van der Waals surface area contributed by atoms with Crippen molar-refractivity contribution < 1.29 is 17.9 Å². The van der Waals surface area contributed by atoms with Crippen molar-refractivity contribution in [1.82, 2.24) is 9.62 Å². The van der Waals surface area contributed by atoms with Crippen molar-refractivity contribution in [3.05, 3.63) is 64.7 Å². The predicted molar refractivity (Wildman–Crippen MR) is 118 cm³/mol. The molecule has 1 heterocycles. The minimum atomic E-state index is -3.55. The van der Waals surface area contributed by atoms with Gasteiger partial charge in [0.05, 0.1) is 18.8 Å². The first kappa shape index (κ1) is 22.3.